The predicted molar refractivity (Wildman–Crippen MR) is 92.4 cm³/mol. The van der Waals surface area contributed by atoms with Crippen LogP contribution in [0, 0.1) is 0 Å². The van der Waals surface area contributed by atoms with Crippen LogP contribution in [0.25, 0.3) is 10.9 Å². The molecule has 0 unspecified atom stereocenters. The first-order valence-electron chi connectivity index (χ1n) is 8.63. The number of rotatable bonds is 10. The minimum Gasteiger partial charge on any atom is -0.347 e. The van der Waals surface area contributed by atoms with E-state index in [4.69, 9.17) is 5.73 Å². The quantitative estimate of drug-likeness (QED) is 0.595. The van der Waals surface area contributed by atoms with Gasteiger partial charge >= 0.3 is 0 Å². The molecule has 0 aliphatic rings. The highest BCUT2D eigenvalue weighted by Crippen LogP contribution is 2.20. The fourth-order valence-electron chi connectivity index (χ4n) is 3.08. The summed E-state index contributed by atoms with van der Waals surface area (Å²) in [6.45, 7) is 4.03. The number of unbranched alkanes of at least 4 members (excludes halogenated alkanes) is 7. The zero-order chi connectivity index (χ0) is 14.9. The van der Waals surface area contributed by atoms with Crippen LogP contribution in [-0.4, -0.2) is 4.57 Å². The summed E-state index contributed by atoms with van der Waals surface area (Å²) in [6, 6.07) is 8.67. The van der Waals surface area contributed by atoms with Gasteiger partial charge in [0, 0.05) is 30.2 Å². The minimum absolute atomic E-state index is 0.624. The van der Waals surface area contributed by atoms with Crippen LogP contribution in [-0.2, 0) is 13.1 Å². The molecule has 0 atom stereocenters. The van der Waals surface area contributed by atoms with Crippen LogP contribution >= 0.6 is 0 Å². The molecule has 0 spiro atoms. The Kier molecular flexibility index (Phi) is 6.81. The SMILES string of the molecule is CCCCCCCCCCn1ccc2c(CN)cccc21. The average Bonchev–Trinajstić information content (AvgIpc) is 2.93. The van der Waals surface area contributed by atoms with Gasteiger partial charge in [0.25, 0.3) is 0 Å². The second-order valence-electron chi connectivity index (χ2n) is 6.04. The third-order valence-electron chi connectivity index (χ3n) is 4.38. The molecule has 2 heteroatoms. The molecule has 21 heavy (non-hydrogen) atoms. The first-order valence-corrected chi connectivity index (χ1v) is 8.63. The van der Waals surface area contributed by atoms with Crippen LogP contribution in [0.5, 0.6) is 0 Å². The van der Waals surface area contributed by atoms with E-state index in [0.717, 1.165) is 6.54 Å². The van der Waals surface area contributed by atoms with E-state index >= 15 is 0 Å². The lowest BCUT2D eigenvalue weighted by Crippen LogP contribution is -1.98. The molecule has 0 radical (unpaired) electrons. The largest absolute Gasteiger partial charge is 0.347 e. The maximum atomic E-state index is 5.81. The third-order valence-corrected chi connectivity index (χ3v) is 4.38. The molecule has 0 aliphatic carbocycles. The van der Waals surface area contributed by atoms with E-state index in [1.165, 1.54) is 67.8 Å². The van der Waals surface area contributed by atoms with Gasteiger partial charge in [-0.3, -0.25) is 0 Å². The van der Waals surface area contributed by atoms with Crippen molar-refractivity contribution in [3.63, 3.8) is 0 Å². The van der Waals surface area contributed by atoms with Crippen molar-refractivity contribution in [2.45, 2.75) is 71.4 Å². The number of aryl methyl sites for hydroxylation is 1. The molecule has 0 fully saturated rings. The zero-order valence-electron chi connectivity index (χ0n) is 13.5. The van der Waals surface area contributed by atoms with Crippen molar-refractivity contribution in [2.24, 2.45) is 5.73 Å². The molecule has 1 aromatic heterocycles. The molecular formula is C19H30N2. The number of nitrogens with two attached hydrogens (primary N) is 1. The van der Waals surface area contributed by atoms with E-state index in [-0.39, 0.29) is 0 Å². The van der Waals surface area contributed by atoms with Gasteiger partial charge in [-0.1, -0.05) is 64.0 Å². The maximum absolute atomic E-state index is 5.81. The summed E-state index contributed by atoms with van der Waals surface area (Å²) in [4.78, 5) is 0. The van der Waals surface area contributed by atoms with Gasteiger partial charge in [-0.15, -0.1) is 0 Å². The highest BCUT2D eigenvalue weighted by Gasteiger charge is 2.04. The van der Waals surface area contributed by atoms with Crippen molar-refractivity contribution in [1.82, 2.24) is 4.57 Å². The first kappa shape index (κ1) is 16.1. The van der Waals surface area contributed by atoms with Crippen LogP contribution < -0.4 is 5.73 Å². The second-order valence-corrected chi connectivity index (χ2v) is 6.04. The molecule has 1 aromatic carbocycles. The lowest BCUT2D eigenvalue weighted by Gasteiger charge is -2.07. The Labute approximate surface area is 129 Å². The fourth-order valence-corrected chi connectivity index (χ4v) is 3.08. The third kappa shape index (κ3) is 4.60. The number of nitrogens with zero attached hydrogens (tertiary/aromatic N) is 1. The number of hydrogen-bond donors (Lipinski definition) is 1. The van der Waals surface area contributed by atoms with Crippen LogP contribution in [0.4, 0.5) is 0 Å². The summed E-state index contributed by atoms with van der Waals surface area (Å²) in [5.41, 5.74) is 8.39. The Bertz CT molecular complexity index is 527. The topological polar surface area (TPSA) is 30.9 Å². The van der Waals surface area contributed by atoms with E-state index in [2.05, 4.69) is 42.0 Å². The summed E-state index contributed by atoms with van der Waals surface area (Å²) >= 11 is 0. The van der Waals surface area contributed by atoms with Crippen molar-refractivity contribution in [3.8, 4) is 0 Å². The molecule has 2 aromatic rings. The van der Waals surface area contributed by atoms with E-state index in [1.807, 2.05) is 0 Å². The lowest BCUT2D eigenvalue weighted by atomic mass is 10.1. The Hall–Kier alpha value is -1.28. The van der Waals surface area contributed by atoms with Gasteiger partial charge < -0.3 is 10.3 Å². The molecule has 0 saturated heterocycles. The van der Waals surface area contributed by atoms with Crippen LogP contribution in [0.15, 0.2) is 30.5 Å². The molecule has 116 valence electrons. The van der Waals surface area contributed by atoms with E-state index in [1.54, 1.807) is 0 Å². The molecule has 2 nitrogen and oxygen atoms in total. The van der Waals surface area contributed by atoms with Crippen molar-refractivity contribution >= 4 is 10.9 Å². The number of benzene rings is 1. The summed E-state index contributed by atoms with van der Waals surface area (Å²) in [5.74, 6) is 0. The molecule has 1 heterocycles. The Morgan fingerprint density at radius 2 is 1.62 bits per heavy atom. The van der Waals surface area contributed by atoms with Crippen molar-refractivity contribution in [1.29, 1.82) is 0 Å². The predicted octanol–water partition coefficient (Wildman–Crippen LogP) is 5.24. The smallest absolute Gasteiger partial charge is 0.0483 e. The molecule has 0 amide bonds. The Morgan fingerprint density at radius 1 is 0.905 bits per heavy atom. The van der Waals surface area contributed by atoms with Crippen molar-refractivity contribution in [3.05, 3.63) is 36.0 Å². The van der Waals surface area contributed by atoms with Crippen LogP contribution in [0.3, 0.4) is 0 Å². The average molecular weight is 286 g/mol. The Balaban J connectivity index is 1.74. The van der Waals surface area contributed by atoms with Gasteiger partial charge in [0.15, 0.2) is 0 Å². The minimum atomic E-state index is 0.624. The van der Waals surface area contributed by atoms with E-state index in [9.17, 15) is 0 Å². The van der Waals surface area contributed by atoms with Gasteiger partial charge in [0.2, 0.25) is 0 Å². The summed E-state index contributed by atoms with van der Waals surface area (Å²) in [7, 11) is 0. The van der Waals surface area contributed by atoms with Gasteiger partial charge in [0.1, 0.15) is 0 Å². The van der Waals surface area contributed by atoms with Gasteiger partial charge in [-0.05, 0) is 24.1 Å². The highest BCUT2D eigenvalue weighted by atomic mass is 14.9. The van der Waals surface area contributed by atoms with Crippen molar-refractivity contribution in [2.75, 3.05) is 0 Å². The first-order chi connectivity index (χ1) is 10.4. The number of fused-ring (bicyclic) bond motifs is 1. The molecular weight excluding hydrogens is 256 g/mol. The van der Waals surface area contributed by atoms with Gasteiger partial charge in [-0.25, -0.2) is 0 Å². The second kappa shape index (κ2) is 8.89. The zero-order valence-corrected chi connectivity index (χ0v) is 13.5. The summed E-state index contributed by atoms with van der Waals surface area (Å²) in [5, 5.41) is 1.32. The summed E-state index contributed by atoms with van der Waals surface area (Å²) in [6.07, 6.45) is 13.2. The van der Waals surface area contributed by atoms with Crippen LogP contribution in [0.2, 0.25) is 0 Å². The fraction of sp³-hybridized carbons (Fsp3) is 0.579. The van der Waals surface area contributed by atoms with Crippen molar-refractivity contribution < 1.29 is 0 Å². The highest BCUT2D eigenvalue weighted by molar-refractivity contribution is 5.83. The number of hydrogen-bond acceptors (Lipinski definition) is 1. The normalized spacial score (nSPS) is 11.3. The van der Waals surface area contributed by atoms with E-state index in [0.29, 0.717) is 6.54 Å². The van der Waals surface area contributed by atoms with Gasteiger partial charge in [0.05, 0.1) is 0 Å². The lowest BCUT2D eigenvalue weighted by molar-refractivity contribution is 0.549. The molecule has 2 rings (SSSR count). The summed E-state index contributed by atoms with van der Waals surface area (Å²) < 4.78 is 2.38. The molecule has 0 aliphatic heterocycles. The standard InChI is InChI=1S/C19H30N2/c1-2-3-4-5-6-7-8-9-14-21-15-13-18-17(16-20)11-10-12-19(18)21/h10-13,15H,2-9,14,16,20H2,1H3. The van der Waals surface area contributed by atoms with E-state index < -0.39 is 0 Å². The van der Waals surface area contributed by atoms with Crippen LogP contribution in [0.1, 0.15) is 63.9 Å². The molecule has 2 N–H and O–H groups in total. The monoisotopic (exact) mass is 286 g/mol. The Morgan fingerprint density at radius 3 is 2.33 bits per heavy atom. The molecule has 0 saturated carbocycles. The number of aromatic nitrogens is 1. The molecule has 0 bridgehead atoms. The maximum Gasteiger partial charge on any atom is 0.0483 e. The van der Waals surface area contributed by atoms with Gasteiger partial charge in [-0.2, -0.15) is 0 Å².